The predicted molar refractivity (Wildman–Crippen MR) is 141 cm³/mol. The van der Waals surface area contributed by atoms with Gasteiger partial charge in [-0.25, -0.2) is 4.98 Å². The summed E-state index contributed by atoms with van der Waals surface area (Å²) in [4.78, 5) is 43.4. The van der Waals surface area contributed by atoms with E-state index in [9.17, 15) is 14.4 Å². The van der Waals surface area contributed by atoms with Crippen molar-refractivity contribution in [3.8, 4) is 0 Å². The Bertz CT molecular complexity index is 1510. The van der Waals surface area contributed by atoms with Crippen molar-refractivity contribution in [2.24, 2.45) is 0 Å². The van der Waals surface area contributed by atoms with Crippen LogP contribution >= 0.6 is 11.3 Å². The number of nitrogens with one attached hydrogen (secondary N) is 2. The molecule has 1 aliphatic carbocycles. The van der Waals surface area contributed by atoms with E-state index in [1.54, 1.807) is 35.6 Å². The normalized spacial score (nSPS) is 13.4. The highest BCUT2D eigenvalue weighted by Crippen LogP contribution is 2.38. The molecule has 0 saturated heterocycles. The number of carbonyl (C=O) groups is 3. The predicted octanol–water partition coefficient (Wildman–Crippen LogP) is 4.94. The Morgan fingerprint density at radius 1 is 1.03 bits per heavy atom. The number of benzene rings is 2. The van der Waals surface area contributed by atoms with Gasteiger partial charge in [0, 0.05) is 21.5 Å². The largest absolute Gasteiger partial charge is 0.468 e. The standard InChI is InChI=1S/C28H23N3O4S/c1-35-24(32)16-29-27(33)18-6-4-7-19(14-18)30-28(34)25-21-9-2-3-10-23(21)31-26-17(11-12-22(25)26)15-20-8-5-13-36-20/h2-10,13-15H,11-12,16H2,1H3,(H,29,33)(H,30,34)/b17-15-. The van der Waals surface area contributed by atoms with E-state index in [0.29, 0.717) is 16.8 Å². The Labute approximate surface area is 211 Å². The number of thiophene rings is 1. The Kier molecular flexibility index (Phi) is 6.60. The summed E-state index contributed by atoms with van der Waals surface area (Å²) < 4.78 is 4.55. The highest BCUT2D eigenvalue weighted by atomic mass is 32.1. The Morgan fingerprint density at radius 2 is 1.89 bits per heavy atom. The summed E-state index contributed by atoms with van der Waals surface area (Å²) in [7, 11) is 1.26. The molecule has 36 heavy (non-hydrogen) atoms. The number of aromatic nitrogens is 1. The molecule has 2 aromatic heterocycles. The zero-order valence-corrected chi connectivity index (χ0v) is 20.4. The van der Waals surface area contributed by atoms with Gasteiger partial charge in [-0.3, -0.25) is 14.4 Å². The number of pyridine rings is 1. The van der Waals surface area contributed by atoms with E-state index < -0.39 is 11.9 Å². The number of hydrogen-bond donors (Lipinski definition) is 2. The lowest BCUT2D eigenvalue weighted by Gasteiger charge is -2.13. The number of carbonyl (C=O) groups excluding carboxylic acids is 3. The van der Waals surface area contributed by atoms with E-state index >= 15 is 0 Å². The summed E-state index contributed by atoms with van der Waals surface area (Å²) in [6, 6.07) is 18.3. The van der Waals surface area contributed by atoms with E-state index in [4.69, 9.17) is 4.98 Å². The second kappa shape index (κ2) is 10.1. The molecule has 0 saturated carbocycles. The molecular formula is C28H23N3O4S. The lowest BCUT2D eigenvalue weighted by molar-refractivity contribution is -0.139. The molecule has 2 aromatic carbocycles. The summed E-state index contributed by atoms with van der Waals surface area (Å²) >= 11 is 1.67. The maximum Gasteiger partial charge on any atom is 0.325 e. The van der Waals surface area contributed by atoms with Gasteiger partial charge in [-0.2, -0.15) is 0 Å². The fourth-order valence-electron chi connectivity index (χ4n) is 4.34. The molecule has 0 radical (unpaired) electrons. The minimum absolute atomic E-state index is 0.234. The molecule has 180 valence electrons. The van der Waals surface area contributed by atoms with Gasteiger partial charge < -0.3 is 15.4 Å². The van der Waals surface area contributed by atoms with Gasteiger partial charge in [0.1, 0.15) is 6.54 Å². The van der Waals surface area contributed by atoms with Gasteiger partial charge in [-0.15, -0.1) is 11.3 Å². The average Bonchev–Trinajstić information content (AvgIpc) is 3.56. The molecule has 0 fully saturated rings. The summed E-state index contributed by atoms with van der Waals surface area (Å²) in [6.45, 7) is -0.234. The van der Waals surface area contributed by atoms with Crippen molar-refractivity contribution < 1.29 is 19.1 Å². The molecule has 2 amide bonds. The Morgan fingerprint density at radius 3 is 2.69 bits per heavy atom. The quantitative estimate of drug-likeness (QED) is 0.368. The lowest BCUT2D eigenvalue weighted by Crippen LogP contribution is -2.30. The van der Waals surface area contributed by atoms with Crippen molar-refractivity contribution in [1.82, 2.24) is 10.3 Å². The van der Waals surface area contributed by atoms with Crippen molar-refractivity contribution in [2.75, 3.05) is 19.0 Å². The van der Waals surface area contributed by atoms with Crippen LogP contribution in [0.4, 0.5) is 5.69 Å². The third-order valence-corrected chi connectivity index (χ3v) is 6.85. The van der Waals surface area contributed by atoms with Gasteiger partial charge in [-0.05, 0) is 65.8 Å². The van der Waals surface area contributed by atoms with Gasteiger partial charge in [0.25, 0.3) is 11.8 Å². The van der Waals surface area contributed by atoms with Crippen molar-refractivity contribution in [1.29, 1.82) is 0 Å². The molecule has 0 aliphatic heterocycles. The first-order valence-electron chi connectivity index (χ1n) is 11.5. The number of allylic oxidation sites excluding steroid dienone is 1. The summed E-state index contributed by atoms with van der Waals surface area (Å²) in [5.74, 6) is -1.23. The zero-order valence-electron chi connectivity index (χ0n) is 19.5. The third-order valence-electron chi connectivity index (χ3n) is 6.03. The number of anilines is 1. The molecule has 0 atom stereocenters. The lowest BCUT2D eigenvalue weighted by atomic mass is 10.00. The van der Waals surface area contributed by atoms with Crippen LogP contribution in [0.5, 0.6) is 0 Å². The monoisotopic (exact) mass is 497 g/mol. The second-order valence-electron chi connectivity index (χ2n) is 8.31. The number of rotatable bonds is 6. The smallest absolute Gasteiger partial charge is 0.325 e. The van der Waals surface area contributed by atoms with E-state index in [0.717, 1.165) is 45.5 Å². The number of para-hydroxylation sites is 1. The molecule has 5 rings (SSSR count). The zero-order chi connectivity index (χ0) is 25.1. The molecule has 0 unspecified atom stereocenters. The topological polar surface area (TPSA) is 97.4 Å². The van der Waals surface area contributed by atoms with Crippen LogP contribution in [0.25, 0.3) is 22.6 Å². The highest BCUT2D eigenvalue weighted by molar-refractivity contribution is 7.10. The molecule has 2 N–H and O–H groups in total. The fraction of sp³-hybridized carbons (Fsp3) is 0.143. The number of nitrogens with zero attached hydrogens (tertiary/aromatic N) is 1. The van der Waals surface area contributed by atoms with Crippen LogP contribution in [0.2, 0.25) is 0 Å². The molecule has 0 bridgehead atoms. The molecule has 2 heterocycles. The van der Waals surface area contributed by atoms with Crippen LogP contribution in [-0.4, -0.2) is 36.4 Å². The summed E-state index contributed by atoms with van der Waals surface area (Å²) in [5, 5.41) is 8.29. The minimum atomic E-state index is -0.543. The number of ether oxygens (including phenoxy) is 1. The Hall–Kier alpha value is -4.30. The summed E-state index contributed by atoms with van der Waals surface area (Å²) in [5.41, 5.74) is 5.08. The number of amides is 2. The van der Waals surface area contributed by atoms with Crippen LogP contribution in [-0.2, 0) is 16.0 Å². The SMILES string of the molecule is COC(=O)CNC(=O)c1cccc(NC(=O)c2c3c(nc4ccccc24)/C(=C\c2cccs2)CC3)c1. The van der Waals surface area contributed by atoms with Gasteiger partial charge in [0.05, 0.1) is 23.9 Å². The van der Waals surface area contributed by atoms with E-state index in [1.165, 1.54) is 7.11 Å². The average molecular weight is 498 g/mol. The van der Waals surface area contributed by atoms with Crippen molar-refractivity contribution in [3.63, 3.8) is 0 Å². The molecule has 1 aliphatic rings. The second-order valence-corrected chi connectivity index (χ2v) is 9.29. The first-order chi connectivity index (χ1) is 17.5. The number of methoxy groups -OCH3 is 1. The van der Waals surface area contributed by atoms with Crippen LogP contribution in [0.15, 0.2) is 66.0 Å². The first-order valence-corrected chi connectivity index (χ1v) is 12.3. The molecular weight excluding hydrogens is 474 g/mol. The molecule has 7 nitrogen and oxygen atoms in total. The minimum Gasteiger partial charge on any atom is -0.468 e. The Balaban J connectivity index is 1.47. The molecule has 8 heteroatoms. The van der Waals surface area contributed by atoms with Gasteiger partial charge >= 0.3 is 5.97 Å². The number of fused-ring (bicyclic) bond motifs is 2. The molecule has 0 spiro atoms. The molecule has 4 aromatic rings. The van der Waals surface area contributed by atoms with Crippen LogP contribution in [0.3, 0.4) is 0 Å². The number of esters is 1. The van der Waals surface area contributed by atoms with Crippen LogP contribution < -0.4 is 10.6 Å². The van der Waals surface area contributed by atoms with Crippen LogP contribution in [0, 0.1) is 0 Å². The van der Waals surface area contributed by atoms with Gasteiger partial charge in [0.15, 0.2) is 0 Å². The van der Waals surface area contributed by atoms with Crippen LogP contribution in [0.1, 0.15) is 43.3 Å². The first kappa shape index (κ1) is 23.4. The van der Waals surface area contributed by atoms with Crippen molar-refractivity contribution in [2.45, 2.75) is 12.8 Å². The maximum atomic E-state index is 13.6. The van der Waals surface area contributed by atoms with Crippen molar-refractivity contribution in [3.05, 3.63) is 93.3 Å². The van der Waals surface area contributed by atoms with E-state index in [2.05, 4.69) is 27.5 Å². The van der Waals surface area contributed by atoms with E-state index in [1.807, 2.05) is 35.7 Å². The third kappa shape index (κ3) is 4.76. The maximum absolute atomic E-state index is 13.6. The fourth-order valence-corrected chi connectivity index (χ4v) is 5.02. The summed E-state index contributed by atoms with van der Waals surface area (Å²) in [6.07, 6.45) is 3.69. The van der Waals surface area contributed by atoms with Crippen molar-refractivity contribution >= 4 is 57.4 Å². The van der Waals surface area contributed by atoms with Gasteiger partial charge in [0.2, 0.25) is 0 Å². The van der Waals surface area contributed by atoms with Gasteiger partial charge in [-0.1, -0.05) is 30.3 Å². The highest BCUT2D eigenvalue weighted by Gasteiger charge is 2.27. The van der Waals surface area contributed by atoms with E-state index in [-0.39, 0.29) is 12.5 Å². The number of hydrogen-bond acceptors (Lipinski definition) is 6.